The molecule has 31 heavy (non-hydrogen) atoms. The van der Waals surface area contributed by atoms with Crippen molar-refractivity contribution >= 4 is 24.1 Å². The summed E-state index contributed by atoms with van der Waals surface area (Å²) in [6.07, 6.45) is 2.77. The maximum atomic E-state index is 12.6. The van der Waals surface area contributed by atoms with Crippen molar-refractivity contribution in [2.24, 2.45) is 0 Å². The van der Waals surface area contributed by atoms with Crippen LogP contribution in [0.25, 0.3) is 0 Å². The molecule has 0 aliphatic carbocycles. The van der Waals surface area contributed by atoms with Crippen LogP contribution < -0.4 is 10.6 Å². The van der Waals surface area contributed by atoms with Crippen molar-refractivity contribution in [3.05, 3.63) is 4.77 Å². The van der Waals surface area contributed by atoms with Crippen molar-refractivity contribution in [3.63, 3.8) is 0 Å². The third kappa shape index (κ3) is 5.19. The van der Waals surface area contributed by atoms with E-state index >= 15 is 0 Å². The number of piperidine rings is 2. The summed E-state index contributed by atoms with van der Waals surface area (Å²) in [7, 11) is 0. The van der Waals surface area contributed by atoms with Gasteiger partial charge in [-0.05, 0) is 93.3 Å². The first-order chi connectivity index (χ1) is 14.0. The van der Waals surface area contributed by atoms with Gasteiger partial charge in [-0.25, -0.2) is 0 Å². The Hall–Kier alpha value is -1.33. The Bertz CT molecular complexity index is 766. The molecule has 2 radical (unpaired) electrons. The molecular formula is C21H37N7O2S. The zero-order valence-electron chi connectivity index (χ0n) is 20.0. The number of hydrogen-bond acceptors (Lipinski definition) is 7. The highest BCUT2D eigenvalue weighted by atomic mass is 32.1. The van der Waals surface area contributed by atoms with Crippen LogP contribution in [0.3, 0.4) is 0 Å². The van der Waals surface area contributed by atoms with Crippen LogP contribution in [-0.2, 0) is 10.4 Å². The second-order valence-electron chi connectivity index (χ2n) is 11.7. The molecule has 174 valence electrons. The zero-order valence-corrected chi connectivity index (χ0v) is 20.8. The number of aromatic amines is 1. The molecule has 3 N–H and O–H groups in total. The molecule has 3 heterocycles. The van der Waals surface area contributed by atoms with Crippen LogP contribution in [0.5, 0.6) is 0 Å². The van der Waals surface area contributed by atoms with Gasteiger partial charge < -0.3 is 10.6 Å². The van der Waals surface area contributed by atoms with Crippen LogP contribution in [0.15, 0.2) is 0 Å². The monoisotopic (exact) mass is 451 g/mol. The van der Waals surface area contributed by atoms with Crippen molar-refractivity contribution < 1.29 is 10.4 Å². The molecule has 0 amide bonds. The van der Waals surface area contributed by atoms with E-state index in [1.54, 1.807) is 0 Å². The lowest BCUT2D eigenvalue weighted by Gasteiger charge is -2.50. The number of aromatic nitrogens is 3. The van der Waals surface area contributed by atoms with Crippen molar-refractivity contribution in [1.29, 1.82) is 0 Å². The number of nitrogens with zero attached hydrogens (tertiary/aromatic N) is 4. The van der Waals surface area contributed by atoms with E-state index in [1.807, 2.05) is 55.4 Å². The van der Waals surface area contributed by atoms with E-state index in [0.29, 0.717) is 37.6 Å². The van der Waals surface area contributed by atoms with Crippen molar-refractivity contribution in [2.75, 3.05) is 10.6 Å². The van der Waals surface area contributed by atoms with Gasteiger partial charge in [-0.3, -0.25) is 4.98 Å². The van der Waals surface area contributed by atoms with Gasteiger partial charge in [0.1, 0.15) is 0 Å². The van der Waals surface area contributed by atoms with Gasteiger partial charge in [0, 0.05) is 34.2 Å². The summed E-state index contributed by atoms with van der Waals surface area (Å²) in [6, 6.07) is 0.148. The lowest BCUT2D eigenvalue weighted by molar-refractivity contribution is -0.288. The molecular weight excluding hydrogens is 414 g/mol. The van der Waals surface area contributed by atoms with Gasteiger partial charge in [0.15, 0.2) is 0 Å². The molecule has 2 aliphatic heterocycles. The van der Waals surface area contributed by atoms with Gasteiger partial charge in [-0.2, -0.15) is 9.97 Å². The molecule has 0 bridgehead atoms. The van der Waals surface area contributed by atoms with Crippen LogP contribution in [0.4, 0.5) is 11.9 Å². The summed E-state index contributed by atoms with van der Waals surface area (Å²) in [5.74, 6) is 1.08. The van der Waals surface area contributed by atoms with Crippen LogP contribution in [0, 0.1) is 4.77 Å². The van der Waals surface area contributed by atoms with E-state index in [-0.39, 0.29) is 16.9 Å². The molecule has 2 fully saturated rings. The van der Waals surface area contributed by atoms with Gasteiger partial charge in [0.25, 0.3) is 0 Å². The Balaban J connectivity index is 1.76. The summed E-state index contributed by atoms with van der Waals surface area (Å²) in [5, 5.41) is 34.5. The highest BCUT2D eigenvalue weighted by Crippen LogP contribution is 2.39. The van der Waals surface area contributed by atoms with E-state index in [2.05, 4.69) is 25.6 Å². The number of hydroxylamine groups is 4. The molecule has 1 aromatic heterocycles. The third-order valence-corrected chi connectivity index (χ3v) is 6.70. The lowest BCUT2D eigenvalue weighted by atomic mass is 9.79. The Kier molecular flexibility index (Phi) is 6.21. The lowest BCUT2D eigenvalue weighted by Crippen LogP contribution is -2.60. The Morgan fingerprint density at radius 2 is 1.03 bits per heavy atom. The van der Waals surface area contributed by atoms with Gasteiger partial charge in [-0.15, -0.1) is 20.5 Å². The zero-order chi connectivity index (χ0) is 23.4. The predicted octanol–water partition coefficient (Wildman–Crippen LogP) is 4.09. The largest absolute Gasteiger partial charge is 0.353 e. The molecule has 0 atom stereocenters. The smallest absolute Gasteiger partial charge is 0.225 e. The van der Waals surface area contributed by atoms with Crippen molar-refractivity contribution in [3.8, 4) is 0 Å². The fourth-order valence-electron chi connectivity index (χ4n) is 5.64. The summed E-state index contributed by atoms with van der Waals surface area (Å²) < 4.78 is 0.239. The molecule has 0 unspecified atom stereocenters. The van der Waals surface area contributed by atoms with E-state index in [9.17, 15) is 10.4 Å². The average molecular weight is 452 g/mol. The molecule has 3 rings (SSSR count). The van der Waals surface area contributed by atoms with Crippen LogP contribution in [0.2, 0.25) is 0 Å². The first-order valence-corrected chi connectivity index (χ1v) is 11.4. The molecule has 0 aromatic carbocycles. The maximum absolute atomic E-state index is 12.6. The maximum Gasteiger partial charge on any atom is 0.225 e. The van der Waals surface area contributed by atoms with Gasteiger partial charge in [0.05, 0.1) is 0 Å². The standard InChI is InChI=1S/C21H37N7O2S/c1-18(2)9-13(10-19(3,4)27(18)29)22-15-24-16(26-17(31)25-15)23-14-11-20(5,6)28(30)21(7,8)12-14/h13-14H,9-12H2,1-8H3,(H3,22,23,24,25,26,31). The van der Waals surface area contributed by atoms with E-state index in [4.69, 9.17) is 12.2 Å². The second kappa shape index (κ2) is 7.91. The minimum absolute atomic E-state index is 0.0742. The third-order valence-electron chi connectivity index (χ3n) is 6.52. The highest BCUT2D eigenvalue weighted by Gasteiger charge is 2.47. The minimum Gasteiger partial charge on any atom is -0.353 e. The summed E-state index contributed by atoms with van der Waals surface area (Å²) >= 11 is 5.30. The fourth-order valence-corrected chi connectivity index (χ4v) is 5.82. The Morgan fingerprint density at radius 1 is 0.742 bits per heavy atom. The minimum atomic E-state index is -0.478. The van der Waals surface area contributed by atoms with E-state index in [0.717, 1.165) is 0 Å². The van der Waals surface area contributed by atoms with E-state index in [1.165, 1.54) is 10.1 Å². The van der Waals surface area contributed by atoms with Crippen molar-refractivity contribution in [1.82, 2.24) is 25.1 Å². The highest BCUT2D eigenvalue weighted by molar-refractivity contribution is 7.71. The number of rotatable bonds is 4. The molecule has 2 saturated heterocycles. The normalized spacial score (nSPS) is 26.5. The quantitative estimate of drug-likeness (QED) is 0.591. The van der Waals surface area contributed by atoms with Crippen LogP contribution >= 0.6 is 12.2 Å². The molecule has 0 saturated carbocycles. The van der Waals surface area contributed by atoms with E-state index < -0.39 is 22.2 Å². The van der Waals surface area contributed by atoms with Gasteiger partial charge >= 0.3 is 0 Å². The molecule has 1 aromatic rings. The van der Waals surface area contributed by atoms with Crippen LogP contribution in [0.1, 0.15) is 81.1 Å². The van der Waals surface area contributed by atoms with Gasteiger partial charge in [-0.1, -0.05) is 0 Å². The summed E-state index contributed by atoms with van der Waals surface area (Å²) in [6.45, 7) is 15.8. The Morgan fingerprint density at radius 3 is 1.32 bits per heavy atom. The summed E-state index contributed by atoms with van der Waals surface area (Å²) in [5.41, 5.74) is -1.91. The number of H-pyrrole nitrogens is 1. The second-order valence-corrected chi connectivity index (χ2v) is 12.0. The predicted molar refractivity (Wildman–Crippen MR) is 122 cm³/mol. The SMILES string of the molecule is CC1(C)CC(Nc2nc(=S)nc(NC3CC(C)(C)N([O])C(C)(C)C3)[nH]2)CC(C)(C)N1[O]. The van der Waals surface area contributed by atoms with Crippen molar-refractivity contribution in [2.45, 2.75) is 115 Å². The number of anilines is 2. The molecule has 2 aliphatic rings. The molecule has 10 heteroatoms. The topological polar surface area (TPSA) is 112 Å². The first-order valence-electron chi connectivity index (χ1n) is 11.0. The molecule has 9 nitrogen and oxygen atoms in total. The van der Waals surface area contributed by atoms with Crippen LogP contribution in [-0.4, -0.2) is 59.3 Å². The Labute approximate surface area is 190 Å². The number of hydrogen-bond donors (Lipinski definition) is 3. The fraction of sp³-hybridized carbons (Fsp3) is 0.857. The first kappa shape index (κ1) is 24.3. The average Bonchev–Trinajstić information content (AvgIpc) is 2.56. The summed E-state index contributed by atoms with van der Waals surface area (Å²) in [4.78, 5) is 11.9. The number of nitrogens with one attached hydrogen (secondary N) is 3. The molecule has 0 spiro atoms. The van der Waals surface area contributed by atoms with Gasteiger partial charge in [0.2, 0.25) is 16.7 Å².